The van der Waals surface area contributed by atoms with Crippen LogP contribution in [0.15, 0.2) is 24.3 Å². The van der Waals surface area contributed by atoms with Crippen LogP contribution in [0.3, 0.4) is 0 Å². The molecule has 0 bridgehead atoms. The van der Waals surface area contributed by atoms with Gasteiger partial charge in [0.1, 0.15) is 5.75 Å². The minimum Gasteiger partial charge on any atom is -0.491 e. The zero-order chi connectivity index (χ0) is 14.3. The lowest BCUT2D eigenvalue weighted by molar-refractivity contribution is -0.118. The predicted octanol–water partition coefficient (Wildman–Crippen LogP) is 2.26. The predicted molar refractivity (Wildman–Crippen MR) is 77.3 cm³/mol. The molecule has 4 nitrogen and oxygen atoms in total. The van der Waals surface area contributed by atoms with Crippen LogP contribution in [-0.4, -0.2) is 25.1 Å². The first-order valence-electron chi connectivity index (χ1n) is 6.73. The van der Waals surface area contributed by atoms with Gasteiger partial charge in [0.15, 0.2) is 0 Å². The molecule has 106 valence electrons. The second kappa shape index (κ2) is 7.79. The van der Waals surface area contributed by atoms with E-state index in [0.717, 1.165) is 12.3 Å². The van der Waals surface area contributed by atoms with E-state index >= 15 is 0 Å². The molecule has 0 aliphatic heterocycles. The third-order valence-corrected chi connectivity index (χ3v) is 2.70. The van der Waals surface area contributed by atoms with Crippen LogP contribution in [0.25, 0.3) is 0 Å². The summed E-state index contributed by atoms with van der Waals surface area (Å²) in [7, 11) is 0. The zero-order valence-electron chi connectivity index (χ0n) is 12.2. The Morgan fingerprint density at radius 3 is 2.32 bits per heavy atom. The lowest BCUT2D eigenvalue weighted by atomic mass is 10.1. The first kappa shape index (κ1) is 15.5. The number of benzene rings is 1. The van der Waals surface area contributed by atoms with Gasteiger partial charge in [-0.1, -0.05) is 12.1 Å². The summed E-state index contributed by atoms with van der Waals surface area (Å²) in [6, 6.07) is 8.35. The maximum Gasteiger partial charge on any atom is 0.216 e. The van der Waals surface area contributed by atoms with Crippen LogP contribution in [-0.2, 0) is 4.79 Å². The largest absolute Gasteiger partial charge is 0.491 e. The Kier molecular flexibility index (Phi) is 6.36. The zero-order valence-corrected chi connectivity index (χ0v) is 12.2. The molecule has 0 aliphatic rings. The van der Waals surface area contributed by atoms with Crippen molar-refractivity contribution in [3.05, 3.63) is 29.8 Å². The van der Waals surface area contributed by atoms with Gasteiger partial charge < -0.3 is 15.4 Å². The average Bonchev–Trinajstić information content (AvgIpc) is 2.34. The second-order valence-corrected chi connectivity index (χ2v) is 4.89. The maximum absolute atomic E-state index is 10.7. The number of carbonyl (C=O) groups is 1. The lowest BCUT2D eigenvalue weighted by Crippen LogP contribution is -2.31. The van der Waals surface area contributed by atoms with E-state index in [4.69, 9.17) is 4.74 Å². The Labute approximate surface area is 115 Å². The number of hydrogen-bond acceptors (Lipinski definition) is 3. The number of nitrogens with one attached hydrogen (secondary N) is 2. The quantitative estimate of drug-likeness (QED) is 0.743. The highest BCUT2D eigenvalue weighted by Crippen LogP contribution is 2.18. The Bertz CT molecular complexity index is 388. The molecule has 1 rings (SSSR count). The fourth-order valence-corrected chi connectivity index (χ4v) is 1.75. The maximum atomic E-state index is 10.7. The van der Waals surface area contributed by atoms with Crippen molar-refractivity contribution in [2.24, 2.45) is 0 Å². The summed E-state index contributed by atoms with van der Waals surface area (Å²) in [6.07, 6.45) is 0.194. The van der Waals surface area contributed by atoms with E-state index in [9.17, 15) is 4.79 Å². The summed E-state index contributed by atoms with van der Waals surface area (Å²) in [5, 5.41) is 6.12. The van der Waals surface area contributed by atoms with Gasteiger partial charge in [-0.2, -0.15) is 0 Å². The summed E-state index contributed by atoms with van der Waals surface area (Å²) in [5.41, 5.74) is 1.21. The molecule has 19 heavy (non-hydrogen) atoms. The number of rotatable bonds is 7. The van der Waals surface area contributed by atoms with Gasteiger partial charge in [0, 0.05) is 26.1 Å². The molecule has 1 aromatic carbocycles. The molecular formula is C15H24N2O2. The fraction of sp³-hybridized carbons (Fsp3) is 0.533. The van der Waals surface area contributed by atoms with Gasteiger partial charge in [-0.05, 0) is 38.5 Å². The lowest BCUT2D eigenvalue weighted by Gasteiger charge is -2.15. The molecular weight excluding hydrogens is 240 g/mol. The van der Waals surface area contributed by atoms with E-state index in [1.165, 1.54) is 12.5 Å². The summed E-state index contributed by atoms with van der Waals surface area (Å²) in [4.78, 5) is 10.7. The van der Waals surface area contributed by atoms with Gasteiger partial charge >= 0.3 is 0 Å². The minimum atomic E-state index is 0.00430. The highest BCUT2D eigenvalue weighted by atomic mass is 16.5. The standard InChI is InChI=1S/C15H24N2O2/c1-11(2)19-15-7-5-14(6-8-15)12(3)16-9-10-17-13(4)18/h5-8,11-12,16H,9-10H2,1-4H3,(H,17,18). The van der Waals surface area contributed by atoms with Gasteiger partial charge in [-0.15, -0.1) is 0 Å². The molecule has 0 spiro atoms. The van der Waals surface area contributed by atoms with Gasteiger partial charge in [-0.25, -0.2) is 0 Å². The molecule has 0 saturated heterocycles. The molecule has 1 atom stereocenters. The molecule has 0 radical (unpaired) electrons. The van der Waals surface area contributed by atoms with Crippen molar-refractivity contribution in [3.63, 3.8) is 0 Å². The van der Waals surface area contributed by atoms with E-state index in [0.29, 0.717) is 6.54 Å². The van der Waals surface area contributed by atoms with Gasteiger partial charge in [0.25, 0.3) is 0 Å². The summed E-state index contributed by atoms with van der Waals surface area (Å²) < 4.78 is 5.61. The van der Waals surface area contributed by atoms with Crippen molar-refractivity contribution in [1.29, 1.82) is 0 Å². The number of amides is 1. The van der Waals surface area contributed by atoms with Crippen LogP contribution in [0.5, 0.6) is 5.75 Å². The van der Waals surface area contributed by atoms with Crippen LogP contribution in [0.1, 0.15) is 39.3 Å². The second-order valence-electron chi connectivity index (χ2n) is 4.89. The van der Waals surface area contributed by atoms with E-state index in [2.05, 4.69) is 29.7 Å². The van der Waals surface area contributed by atoms with Crippen molar-refractivity contribution >= 4 is 5.91 Å². The summed E-state index contributed by atoms with van der Waals surface area (Å²) in [6.45, 7) is 9.06. The minimum absolute atomic E-state index is 0.00430. The van der Waals surface area contributed by atoms with Crippen molar-refractivity contribution in [1.82, 2.24) is 10.6 Å². The van der Waals surface area contributed by atoms with Gasteiger partial charge in [-0.3, -0.25) is 4.79 Å². The fourth-order valence-electron chi connectivity index (χ4n) is 1.75. The van der Waals surface area contributed by atoms with Crippen LogP contribution in [0, 0.1) is 0 Å². The third-order valence-electron chi connectivity index (χ3n) is 2.70. The molecule has 4 heteroatoms. The molecule has 0 heterocycles. The highest BCUT2D eigenvalue weighted by Gasteiger charge is 2.05. The summed E-state index contributed by atoms with van der Waals surface area (Å²) in [5.74, 6) is 0.897. The van der Waals surface area contributed by atoms with E-state index in [1.54, 1.807) is 0 Å². The molecule has 0 saturated carbocycles. The molecule has 1 amide bonds. The molecule has 2 N–H and O–H groups in total. The molecule has 1 aromatic rings. The van der Waals surface area contributed by atoms with Crippen molar-refractivity contribution in [3.8, 4) is 5.75 Å². The van der Waals surface area contributed by atoms with Crippen molar-refractivity contribution in [2.75, 3.05) is 13.1 Å². The average molecular weight is 264 g/mol. The smallest absolute Gasteiger partial charge is 0.216 e. The first-order valence-corrected chi connectivity index (χ1v) is 6.73. The Morgan fingerprint density at radius 1 is 1.16 bits per heavy atom. The third kappa shape index (κ3) is 6.25. The van der Waals surface area contributed by atoms with Crippen LogP contribution in [0.4, 0.5) is 0 Å². The van der Waals surface area contributed by atoms with Crippen LogP contribution < -0.4 is 15.4 Å². The van der Waals surface area contributed by atoms with Crippen LogP contribution >= 0.6 is 0 Å². The van der Waals surface area contributed by atoms with Crippen molar-refractivity contribution < 1.29 is 9.53 Å². The highest BCUT2D eigenvalue weighted by molar-refractivity contribution is 5.72. The van der Waals surface area contributed by atoms with Gasteiger partial charge in [0.05, 0.1) is 6.10 Å². The molecule has 0 aromatic heterocycles. The number of carbonyl (C=O) groups excluding carboxylic acids is 1. The first-order chi connectivity index (χ1) is 8.99. The van der Waals surface area contributed by atoms with E-state index < -0.39 is 0 Å². The van der Waals surface area contributed by atoms with Crippen LogP contribution in [0.2, 0.25) is 0 Å². The van der Waals surface area contributed by atoms with Gasteiger partial charge in [0.2, 0.25) is 5.91 Å². The molecule has 0 fully saturated rings. The normalized spacial score (nSPS) is 12.3. The Morgan fingerprint density at radius 2 is 1.79 bits per heavy atom. The Hall–Kier alpha value is -1.55. The van der Waals surface area contributed by atoms with E-state index in [-0.39, 0.29) is 18.1 Å². The monoisotopic (exact) mass is 264 g/mol. The molecule has 0 aliphatic carbocycles. The number of ether oxygens (including phenoxy) is 1. The Balaban J connectivity index is 2.39. The summed E-state index contributed by atoms with van der Waals surface area (Å²) >= 11 is 0. The van der Waals surface area contributed by atoms with E-state index in [1.807, 2.05) is 26.0 Å². The topological polar surface area (TPSA) is 50.4 Å². The SMILES string of the molecule is CC(=O)NCCNC(C)c1ccc(OC(C)C)cc1. The number of hydrogen-bond donors (Lipinski definition) is 2. The molecule has 1 unspecified atom stereocenters. The van der Waals surface area contributed by atoms with Crippen molar-refractivity contribution in [2.45, 2.75) is 39.8 Å².